The molecule has 1 saturated heterocycles. The van der Waals surface area contributed by atoms with Crippen LogP contribution < -0.4 is 5.32 Å². The van der Waals surface area contributed by atoms with E-state index in [2.05, 4.69) is 5.32 Å². The highest BCUT2D eigenvalue weighted by Crippen LogP contribution is 2.36. The minimum Gasteiger partial charge on any atom is -0.481 e. The number of amides is 2. The quantitative estimate of drug-likeness (QED) is 0.807. The zero-order valence-corrected chi connectivity index (χ0v) is 11.2. The van der Waals surface area contributed by atoms with Crippen LogP contribution in [0.3, 0.4) is 0 Å². The lowest BCUT2D eigenvalue weighted by Crippen LogP contribution is -2.54. The summed E-state index contributed by atoms with van der Waals surface area (Å²) in [7, 11) is 0. The molecule has 1 heterocycles. The fraction of sp³-hybridized carbons (Fsp3) is 0.846. The van der Waals surface area contributed by atoms with Gasteiger partial charge in [-0.15, -0.1) is 0 Å². The maximum Gasteiger partial charge on any atom is 0.317 e. The van der Waals surface area contributed by atoms with Gasteiger partial charge in [-0.3, -0.25) is 4.79 Å². The summed E-state index contributed by atoms with van der Waals surface area (Å²) >= 11 is 0. The van der Waals surface area contributed by atoms with Crippen molar-refractivity contribution in [2.75, 3.05) is 13.1 Å². The summed E-state index contributed by atoms with van der Waals surface area (Å²) in [6.07, 6.45) is 4.04. The van der Waals surface area contributed by atoms with Crippen LogP contribution in [0.25, 0.3) is 0 Å². The van der Waals surface area contributed by atoms with Crippen molar-refractivity contribution >= 4 is 12.0 Å². The third-order valence-corrected chi connectivity index (χ3v) is 4.40. The summed E-state index contributed by atoms with van der Waals surface area (Å²) in [5, 5.41) is 12.4. The van der Waals surface area contributed by atoms with Gasteiger partial charge in [0.05, 0.1) is 5.41 Å². The van der Waals surface area contributed by atoms with E-state index in [0.717, 1.165) is 19.3 Å². The van der Waals surface area contributed by atoms with Crippen LogP contribution in [-0.2, 0) is 4.79 Å². The zero-order chi connectivity index (χ0) is 13.4. The van der Waals surface area contributed by atoms with Crippen LogP contribution >= 0.6 is 0 Å². The first-order chi connectivity index (χ1) is 8.41. The third-order valence-electron chi connectivity index (χ3n) is 4.40. The predicted molar refractivity (Wildman–Crippen MR) is 67.3 cm³/mol. The highest BCUT2D eigenvalue weighted by Gasteiger charge is 2.44. The van der Waals surface area contributed by atoms with Crippen LogP contribution in [-0.4, -0.2) is 40.6 Å². The Morgan fingerprint density at radius 3 is 2.50 bits per heavy atom. The van der Waals surface area contributed by atoms with Crippen molar-refractivity contribution in [3.05, 3.63) is 0 Å². The first-order valence-corrected chi connectivity index (χ1v) is 6.71. The average Bonchev–Trinajstić information content (AvgIpc) is 3.06. The number of carbonyl (C=O) groups is 2. The minimum absolute atomic E-state index is 0.0490. The molecule has 0 aromatic carbocycles. The van der Waals surface area contributed by atoms with E-state index in [9.17, 15) is 14.7 Å². The number of aliphatic carboxylic acids is 1. The average molecular weight is 254 g/mol. The standard InChI is InChI=1S/C13H22N2O3/c1-3-13(10(16)17)5-4-8-15(9-13)11(18)14-12(2)6-7-12/h3-9H2,1-2H3,(H,14,18)(H,16,17). The van der Waals surface area contributed by atoms with Crippen LogP contribution in [0.2, 0.25) is 0 Å². The molecule has 5 heteroatoms. The van der Waals surface area contributed by atoms with E-state index < -0.39 is 11.4 Å². The molecule has 0 aromatic heterocycles. The molecule has 18 heavy (non-hydrogen) atoms. The van der Waals surface area contributed by atoms with Gasteiger partial charge in [-0.1, -0.05) is 6.92 Å². The Morgan fingerprint density at radius 2 is 2.00 bits per heavy atom. The molecule has 5 nitrogen and oxygen atoms in total. The molecule has 1 saturated carbocycles. The number of carbonyl (C=O) groups excluding carboxylic acids is 1. The molecule has 0 spiro atoms. The van der Waals surface area contributed by atoms with Crippen molar-refractivity contribution in [2.45, 2.75) is 51.5 Å². The number of nitrogens with zero attached hydrogens (tertiary/aromatic N) is 1. The van der Waals surface area contributed by atoms with E-state index in [1.165, 1.54) is 0 Å². The van der Waals surface area contributed by atoms with Crippen LogP contribution in [0, 0.1) is 5.41 Å². The number of likely N-dealkylation sites (tertiary alicyclic amines) is 1. The van der Waals surface area contributed by atoms with Crippen LogP contribution in [0.15, 0.2) is 0 Å². The van der Waals surface area contributed by atoms with Gasteiger partial charge in [0.25, 0.3) is 0 Å². The maximum absolute atomic E-state index is 12.1. The monoisotopic (exact) mass is 254 g/mol. The Balaban J connectivity index is 2.01. The van der Waals surface area contributed by atoms with Crippen LogP contribution in [0.5, 0.6) is 0 Å². The molecule has 2 amide bonds. The van der Waals surface area contributed by atoms with Crippen molar-refractivity contribution in [3.63, 3.8) is 0 Å². The Kier molecular flexibility index (Phi) is 3.25. The van der Waals surface area contributed by atoms with Gasteiger partial charge < -0.3 is 15.3 Å². The number of piperidine rings is 1. The summed E-state index contributed by atoms with van der Waals surface area (Å²) < 4.78 is 0. The molecule has 1 aliphatic carbocycles. The Hall–Kier alpha value is -1.26. The van der Waals surface area contributed by atoms with Crippen molar-refractivity contribution in [3.8, 4) is 0 Å². The van der Waals surface area contributed by atoms with E-state index in [-0.39, 0.29) is 11.6 Å². The smallest absolute Gasteiger partial charge is 0.317 e. The second-order valence-corrected chi connectivity index (χ2v) is 5.95. The molecule has 0 radical (unpaired) electrons. The molecule has 1 atom stereocenters. The lowest BCUT2D eigenvalue weighted by atomic mass is 9.78. The topological polar surface area (TPSA) is 69.6 Å². The van der Waals surface area contributed by atoms with Gasteiger partial charge in [-0.25, -0.2) is 4.79 Å². The number of urea groups is 1. The largest absolute Gasteiger partial charge is 0.481 e. The highest BCUT2D eigenvalue weighted by atomic mass is 16.4. The SMILES string of the molecule is CCC1(C(=O)O)CCCN(C(=O)NC2(C)CC2)C1. The summed E-state index contributed by atoms with van der Waals surface area (Å²) in [5.41, 5.74) is -0.799. The summed E-state index contributed by atoms with van der Waals surface area (Å²) in [6.45, 7) is 4.91. The minimum atomic E-state index is -0.778. The van der Waals surface area contributed by atoms with Crippen molar-refractivity contribution in [1.29, 1.82) is 0 Å². The van der Waals surface area contributed by atoms with E-state index in [1.54, 1.807) is 4.90 Å². The molecule has 2 aliphatic rings. The molecular formula is C13H22N2O3. The number of hydrogen-bond donors (Lipinski definition) is 2. The Labute approximate surface area is 108 Å². The molecule has 0 bridgehead atoms. The molecule has 0 aromatic rings. The van der Waals surface area contributed by atoms with Gasteiger partial charge in [-0.05, 0) is 39.0 Å². The van der Waals surface area contributed by atoms with Gasteiger partial charge >= 0.3 is 12.0 Å². The van der Waals surface area contributed by atoms with Gasteiger partial charge in [-0.2, -0.15) is 0 Å². The van der Waals surface area contributed by atoms with Gasteiger partial charge in [0.15, 0.2) is 0 Å². The second kappa shape index (κ2) is 4.44. The van der Waals surface area contributed by atoms with Crippen molar-refractivity contribution in [1.82, 2.24) is 10.2 Å². The molecule has 2 N–H and O–H groups in total. The summed E-state index contributed by atoms with van der Waals surface area (Å²) in [5.74, 6) is -0.778. The van der Waals surface area contributed by atoms with E-state index in [0.29, 0.717) is 25.9 Å². The normalized spacial score (nSPS) is 29.8. The lowest BCUT2D eigenvalue weighted by Gasteiger charge is -2.39. The van der Waals surface area contributed by atoms with E-state index in [1.807, 2.05) is 13.8 Å². The number of carboxylic acids is 1. The molecule has 1 unspecified atom stereocenters. The van der Waals surface area contributed by atoms with Crippen molar-refractivity contribution in [2.24, 2.45) is 5.41 Å². The predicted octanol–water partition coefficient (Wildman–Crippen LogP) is 1.83. The number of hydrogen-bond acceptors (Lipinski definition) is 2. The maximum atomic E-state index is 12.1. The number of nitrogens with one attached hydrogen (secondary N) is 1. The van der Waals surface area contributed by atoms with Crippen LogP contribution in [0.1, 0.15) is 46.0 Å². The third kappa shape index (κ3) is 2.44. The lowest BCUT2D eigenvalue weighted by molar-refractivity contribution is -0.152. The fourth-order valence-electron chi connectivity index (χ4n) is 2.57. The molecular weight excluding hydrogens is 232 g/mol. The highest BCUT2D eigenvalue weighted by molar-refractivity contribution is 5.79. The van der Waals surface area contributed by atoms with Gasteiger partial charge in [0, 0.05) is 18.6 Å². The number of rotatable bonds is 3. The second-order valence-electron chi connectivity index (χ2n) is 5.95. The molecule has 102 valence electrons. The van der Waals surface area contributed by atoms with E-state index in [4.69, 9.17) is 0 Å². The number of carboxylic acid groups (broad SMARTS) is 1. The van der Waals surface area contributed by atoms with Gasteiger partial charge in [0.2, 0.25) is 0 Å². The first-order valence-electron chi connectivity index (χ1n) is 6.71. The van der Waals surface area contributed by atoms with Crippen LogP contribution in [0.4, 0.5) is 4.79 Å². The summed E-state index contributed by atoms with van der Waals surface area (Å²) in [6, 6.07) is -0.103. The first kappa shape index (κ1) is 13.2. The summed E-state index contributed by atoms with van der Waals surface area (Å²) in [4.78, 5) is 25.2. The Bertz CT molecular complexity index is 365. The van der Waals surface area contributed by atoms with Crippen molar-refractivity contribution < 1.29 is 14.7 Å². The molecule has 2 rings (SSSR count). The fourth-order valence-corrected chi connectivity index (χ4v) is 2.57. The zero-order valence-electron chi connectivity index (χ0n) is 11.2. The molecule has 1 aliphatic heterocycles. The Morgan fingerprint density at radius 1 is 1.33 bits per heavy atom. The van der Waals surface area contributed by atoms with Gasteiger partial charge in [0.1, 0.15) is 0 Å². The van der Waals surface area contributed by atoms with E-state index >= 15 is 0 Å². The molecule has 2 fully saturated rings.